The number of hydrogen-bond acceptors (Lipinski definition) is 6. The van der Waals surface area contributed by atoms with Gasteiger partial charge >= 0.3 is 5.69 Å². The van der Waals surface area contributed by atoms with Gasteiger partial charge in [0, 0.05) is 30.6 Å². The lowest BCUT2D eigenvalue weighted by Gasteiger charge is -2.11. The van der Waals surface area contributed by atoms with Crippen molar-refractivity contribution in [2.45, 2.75) is 13.5 Å². The summed E-state index contributed by atoms with van der Waals surface area (Å²) in [5, 5.41) is 16.4. The highest BCUT2D eigenvalue weighted by Gasteiger charge is 2.21. The third-order valence-corrected chi connectivity index (χ3v) is 7.24. The van der Waals surface area contributed by atoms with Crippen LogP contribution in [-0.4, -0.2) is 20.8 Å². The standard InChI is InChI=1S/C23H14Br4N4O4/c1-12-29-20-5-4-15(24)8-17(20)23(32)30(12)28-10-13-6-19(27)22(21(7-13)31(33)34)35-11-14-2-3-16(25)9-18(14)26/h2-10H,11H2,1H3. The third-order valence-electron chi connectivity index (χ3n) is 4.92. The second-order valence-corrected chi connectivity index (χ2v) is 10.9. The quantitative estimate of drug-likeness (QED) is 0.120. The monoisotopic (exact) mass is 726 g/mol. The molecule has 1 aromatic heterocycles. The zero-order chi connectivity index (χ0) is 25.3. The highest BCUT2D eigenvalue weighted by atomic mass is 79.9. The van der Waals surface area contributed by atoms with Crippen molar-refractivity contribution in [3.8, 4) is 5.75 Å². The summed E-state index contributed by atoms with van der Waals surface area (Å²) in [5.41, 5.74) is 1.20. The first-order valence-electron chi connectivity index (χ1n) is 9.92. The van der Waals surface area contributed by atoms with Crippen molar-refractivity contribution in [3.05, 3.63) is 104 Å². The molecule has 0 saturated heterocycles. The number of rotatable bonds is 6. The molecule has 3 aromatic carbocycles. The minimum absolute atomic E-state index is 0.0903. The van der Waals surface area contributed by atoms with E-state index in [0.717, 1.165) is 23.7 Å². The Labute approximate surface area is 232 Å². The molecule has 1 heterocycles. The van der Waals surface area contributed by atoms with Gasteiger partial charge in [0.1, 0.15) is 12.4 Å². The largest absolute Gasteiger partial charge is 0.481 e. The lowest BCUT2D eigenvalue weighted by molar-refractivity contribution is -0.386. The average molecular weight is 730 g/mol. The normalized spacial score (nSPS) is 11.3. The van der Waals surface area contributed by atoms with Crippen LogP contribution in [0.25, 0.3) is 10.9 Å². The van der Waals surface area contributed by atoms with Crippen LogP contribution in [0.5, 0.6) is 5.75 Å². The van der Waals surface area contributed by atoms with Crippen molar-refractivity contribution in [2.24, 2.45) is 5.10 Å². The summed E-state index contributed by atoms with van der Waals surface area (Å²) in [6.45, 7) is 1.78. The predicted octanol–water partition coefficient (Wildman–Crippen LogP) is 7.12. The van der Waals surface area contributed by atoms with Crippen molar-refractivity contribution in [1.29, 1.82) is 0 Å². The van der Waals surface area contributed by atoms with Crippen molar-refractivity contribution in [1.82, 2.24) is 9.66 Å². The highest BCUT2D eigenvalue weighted by Crippen LogP contribution is 2.37. The Kier molecular flexibility index (Phi) is 7.84. The van der Waals surface area contributed by atoms with Crippen LogP contribution in [-0.2, 0) is 6.61 Å². The summed E-state index contributed by atoms with van der Waals surface area (Å²) >= 11 is 13.6. The minimum Gasteiger partial charge on any atom is -0.481 e. The predicted molar refractivity (Wildman–Crippen MR) is 148 cm³/mol. The fourth-order valence-corrected chi connectivity index (χ4v) is 5.37. The maximum atomic E-state index is 12.9. The van der Waals surface area contributed by atoms with Crippen LogP contribution in [0.3, 0.4) is 0 Å². The van der Waals surface area contributed by atoms with Gasteiger partial charge in [0.25, 0.3) is 5.56 Å². The van der Waals surface area contributed by atoms with E-state index in [9.17, 15) is 14.9 Å². The molecule has 35 heavy (non-hydrogen) atoms. The van der Waals surface area contributed by atoms with Gasteiger partial charge in [0.2, 0.25) is 5.75 Å². The number of aromatic nitrogens is 2. The molecule has 0 radical (unpaired) electrons. The number of nitro groups is 1. The van der Waals surface area contributed by atoms with Crippen molar-refractivity contribution >= 4 is 86.5 Å². The van der Waals surface area contributed by atoms with Gasteiger partial charge in [-0.05, 0) is 59.3 Å². The molecule has 0 saturated carbocycles. The molecule has 0 aliphatic carbocycles. The SMILES string of the molecule is Cc1nc2ccc(Br)cc2c(=O)n1N=Cc1cc(Br)c(OCc2ccc(Br)cc2Br)c([N+](=O)[O-])c1. The summed E-state index contributed by atoms with van der Waals surface area (Å²) in [7, 11) is 0. The second kappa shape index (κ2) is 10.7. The number of fused-ring (bicyclic) bond motifs is 1. The van der Waals surface area contributed by atoms with E-state index in [2.05, 4.69) is 73.8 Å². The first-order chi connectivity index (χ1) is 16.6. The Bertz CT molecular complexity index is 1570. The molecule has 0 N–H and O–H groups in total. The van der Waals surface area contributed by atoms with Gasteiger partial charge in [0.05, 0.1) is 26.5 Å². The van der Waals surface area contributed by atoms with Crippen LogP contribution in [0.15, 0.2) is 76.3 Å². The van der Waals surface area contributed by atoms with E-state index < -0.39 is 4.92 Å². The van der Waals surface area contributed by atoms with Gasteiger partial charge in [-0.1, -0.05) is 53.9 Å². The first kappa shape index (κ1) is 25.7. The molecule has 0 spiro atoms. The summed E-state index contributed by atoms with van der Waals surface area (Å²) in [6, 6.07) is 13.8. The molecule has 0 atom stereocenters. The topological polar surface area (TPSA) is 99.6 Å². The van der Waals surface area contributed by atoms with Crippen LogP contribution >= 0.6 is 63.7 Å². The van der Waals surface area contributed by atoms with E-state index in [4.69, 9.17) is 4.74 Å². The molecular weight excluding hydrogens is 716 g/mol. The molecule has 8 nitrogen and oxygen atoms in total. The van der Waals surface area contributed by atoms with Gasteiger partial charge < -0.3 is 4.74 Å². The van der Waals surface area contributed by atoms with Gasteiger partial charge in [-0.25, -0.2) is 4.98 Å². The number of ether oxygens (including phenoxy) is 1. The van der Waals surface area contributed by atoms with Crippen molar-refractivity contribution in [2.75, 3.05) is 0 Å². The van der Waals surface area contributed by atoms with E-state index in [1.807, 2.05) is 18.2 Å². The Morgan fingerprint density at radius 1 is 1.06 bits per heavy atom. The van der Waals surface area contributed by atoms with E-state index in [-0.39, 0.29) is 23.6 Å². The smallest absolute Gasteiger partial charge is 0.312 e. The Balaban J connectivity index is 1.68. The van der Waals surface area contributed by atoms with Gasteiger partial charge in [-0.15, -0.1) is 0 Å². The average Bonchev–Trinajstić information content (AvgIpc) is 2.79. The number of nitro benzene ring substituents is 1. The Hall–Kier alpha value is -2.41. The van der Waals surface area contributed by atoms with Gasteiger partial charge in [-0.2, -0.15) is 9.78 Å². The Morgan fingerprint density at radius 2 is 1.77 bits per heavy atom. The number of halogens is 4. The van der Waals surface area contributed by atoms with E-state index in [1.54, 1.807) is 31.2 Å². The maximum absolute atomic E-state index is 12.9. The van der Waals surface area contributed by atoms with Crippen LogP contribution in [0.1, 0.15) is 17.0 Å². The molecule has 4 aromatic rings. The number of aryl methyl sites for hydroxylation is 1. The second-order valence-electron chi connectivity index (χ2n) is 7.31. The van der Waals surface area contributed by atoms with Crippen LogP contribution < -0.4 is 10.3 Å². The third kappa shape index (κ3) is 5.71. The van der Waals surface area contributed by atoms with Gasteiger partial charge in [0.15, 0.2) is 0 Å². The maximum Gasteiger partial charge on any atom is 0.312 e. The number of benzene rings is 3. The fraction of sp³-hybridized carbons (Fsp3) is 0.0870. The zero-order valence-corrected chi connectivity index (χ0v) is 24.2. The van der Waals surface area contributed by atoms with E-state index in [0.29, 0.717) is 26.8 Å². The lowest BCUT2D eigenvalue weighted by atomic mass is 10.2. The molecule has 0 unspecified atom stereocenters. The van der Waals surface area contributed by atoms with Gasteiger partial charge in [-0.3, -0.25) is 14.9 Å². The molecule has 0 amide bonds. The molecule has 178 valence electrons. The number of nitrogens with zero attached hydrogens (tertiary/aromatic N) is 4. The molecule has 0 aliphatic heterocycles. The van der Waals surface area contributed by atoms with Crippen molar-refractivity contribution < 1.29 is 9.66 Å². The zero-order valence-electron chi connectivity index (χ0n) is 17.8. The lowest BCUT2D eigenvalue weighted by Crippen LogP contribution is -2.20. The Morgan fingerprint density at radius 3 is 2.49 bits per heavy atom. The molecule has 4 rings (SSSR count). The van der Waals surface area contributed by atoms with Crippen molar-refractivity contribution in [3.63, 3.8) is 0 Å². The summed E-state index contributed by atoms with van der Waals surface area (Å²) in [5.74, 6) is 0.474. The molecule has 0 aliphatic rings. The van der Waals surface area contributed by atoms with E-state index >= 15 is 0 Å². The van der Waals surface area contributed by atoms with Crippen LogP contribution in [0, 0.1) is 17.0 Å². The fourth-order valence-electron chi connectivity index (χ4n) is 3.26. The first-order valence-corrected chi connectivity index (χ1v) is 13.1. The minimum atomic E-state index is -0.527. The van der Waals surface area contributed by atoms with Crippen LogP contribution in [0.4, 0.5) is 5.69 Å². The van der Waals surface area contributed by atoms with E-state index in [1.165, 1.54) is 12.3 Å². The molecule has 0 fully saturated rings. The molecule has 0 bridgehead atoms. The molecule has 12 heteroatoms. The summed E-state index contributed by atoms with van der Waals surface area (Å²) in [4.78, 5) is 28.6. The summed E-state index contributed by atoms with van der Waals surface area (Å²) < 4.78 is 9.79. The molecular formula is C23H14Br4N4O4. The summed E-state index contributed by atoms with van der Waals surface area (Å²) in [6.07, 6.45) is 1.37. The van der Waals surface area contributed by atoms with Crippen LogP contribution in [0.2, 0.25) is 0 Å². The highest BCUT2D eigenvalue weighted by molar-refractivity contribution is 9.11. The number of hydrogen-bond donors (Lipinski definition) is 0.